The average molecular weight is 641 g/mol. The highest BCUT2D eigenvalue weighted by Gasteiger charge is 2.50. The van der Waals surface area contributed by atoms with Gasteiger partial charge in [-0.2, -0.15) is 9.97 Å². The molecule has 4 fully saturated rings. The molecule has 0 amide bonds. The minimum Gasteiger partial charge on any atom is -0.508 e. The highest BCUT2D eigenvalue weighted by molar-refractivity contribution is 6.03. The van der Waals surface area contributed by atoms with E-state index >= 15 is 8.78 Å². The van der Waals surface area contributed by atoms with Crippen molar-refractivity contribution in [2.75, 3.05) is 31.1 Å². The molecule has 5 aliphatic heterocycles. The number of piperazine rings is 1. The molecule has 2 N–H and O–H groups in total. The smallest absolute Gasteiger partial charge is 0.319 e. The summed E-state index contributed by atoms with van der Waals surface area (Å²) in [7, 11) is 0. The summed E-state index contributed by atoms with van der Waals surface area (Å²) >= 11 is 0. The number of anilines is 1. The third kappa shape index (κ3) is 4.34. The molecule has 242 valence electrons. The van der Waals surface area contributed by atoms with Crippen molar-refractivity contribution in [2.45, 2.75) is 81.2 Å². The first-order chi connectivity index (χ1) is 22.7. The van der Waals surface area contributed by atoms with Gasteiger partial charge in [0.25, 0.3) is 0 Å². The van der Waals surface area contributed by atoms with Crippen LogP contribution in [-0.4, -0.2) is 81.0 Å². The molecular formula is C36H35F3N6O2. The lowest BCUT2D eigenvalue weighted by Gasteiger charge is -2.41. The van der Waals surface area contributed by atoms with Crippen molar-refractivity contribution in [3.8, 4) is 35.4 Å². The van der Waals surface area contributed by atoms with Gasteiger partial charge in [0.05, 0.1) is 22.2 Å². The Morgan fingerprint density at radius 2 is 2.02 bits per heavy atom. The topological polar surface area (TPSA) is 86.6 Å². The fourth-order valence-corrected chi connectivity index (χ4v) is 9.27. The number of terminal acetylenes is 1. The molecule has 4 saturated heterocycles. The summed E-state index contributed by atoms with van der Waals surface area (Å²) in [5.41, 5.74) is 0.326. The second-order valence-electron chi connectivity index (χ2n) is 14.1. The molecule has 0 unspecified atom stereocenters. The maximum absolute atomic E-state index is 17.2. The second-order valence-corrected chi connectivity index (χ2v) is 14.1. The van der Waals surface area contributed by atoms with Gasteiger partial charge in [-0.15, -0.1) is 6.42 Å². The number of halogens is 3. The van der Waals surface area contributed by atoms with Gasteiger partial charge in [0, 0.05) is 54.5 Å². The van der Waals surface area contributed by atoms with Crippen molar-refractivity contribution in [3.63, 3.8) is 0 Å². The third-order valence-corrected chi connectivity index (χ3v) is 11.3. The number of benzene rings is 2. The predicted molar refractivity (Wildman–Crippen MR) is 172 cm³/mol. The van der Waals surface area contributed by atoms with Crippen molar-refractivity contribution >= 4 is 27.5 Å². The van der Waals surface area contributed by atoms with Gasteiger partial charge in [0.1, 0.15) is 41.4 Å². The van der Waals surface area contributed by atoms with Crippen LogP contribution in [-0.2, 0) is 0 Å². The molecule has 8 nitrogen and oxygen atoms in total. The first-order valence-electron chi connectivity index (χ1n) is 16.6. The van der Waals surface area contributed by atoms with Crippen LogP contribution >= 0.6 is 0 Å². The van der Waals surface area contributed by atoms with E-state index in [1.807, 2.05) is 0 Å². The first kappa shape index (κ1) is 29.0. The van der Waals surface area contributed by atoms with Crippen LogP contribution in [0.25, 0.3) is 32.9 Å². The molecule has 2 bridgehead atoms. The number of hydrogen-bond acceptors (Lipinski definition) is 8. The van der Waals surface area contributed by atoms with E-state index in [4.69, 9.17) is 26.1 Å². The van der Waals surface area contributed by atoms with Crippen LogP contribution in [0.1, 0.15) is 62.6 Å². The van der Waals surface area contributed by atoms with Crippen molar-refractivity contribution in [1.82, 2.24) is 25.2 Å². The van der Waals surface area contributed by atoms with E-state index in [9.17, 15) is 9.50 Å². The van der Waals surface area contributed by atoms with Crippen molar-refractivity contribution in [2.24, 2.45) is 0 Å². The quantitative estimate of drug-likeness (QED) is 0.280. The number of nitrogens with one attached hydrogen (secondary N) is 1. The predicted octanol–water partition coefficient (Wildman–Crippen LogP) is 5.58. The molecule has 0 aliphatic carbocycles. The fourth-order valence-electron chi connectivity index (χ4n) is 9.27. The van der Waals surface area contributed by atoms with Crippen LogP contribution in [0.2, 0.25) is 0 Å². The van der Waals surface area contributed by atoms with E-state index in [1.165, 1.54) is 24.3 Å². The van der Waals surface area contributed by atoms with Gasteiger partial charge in [-0.1, -0.05) is 18.9 Å². The van der Waals surface area contributed by atoms with Gasteiger partial charge in [-0.05, 0) is 62.2 Å². The molecule has 7 heterocycles. The number of fused-ring (bicyclic) bond motifs is 7. The van der Waals surface area contributed by atoms with Gasteiger partial charge in [0.2, 0.25) is 0 Å². The standard InChI is InChI=1S/C36H35F3N6O2/c1-3-23-25(38)7-5-19-12-22(46)13-24(28(19)23)32-30(39)33-29-31(41-32)18(2)11-27-26-8-6-21(40-26)16-45(27)34(29)43-35(42-33)47-17-36-9-4-10-44(36)15-20(37)14-36/h1,5,7,12-13,18,20-21,26-27,40,46H,4,6,8-11,14-17H2,2H3/t18-,20+,21+,26-,27-,36-/m0/s1. The van der Waals surface area contributed by atoms with E-state index in [1.54, 1.807) is 0 Å². The minimum absolute atomic E-state index is 0.0348. The number of ether oxygens (including phenoxy) is 1. The number of hydrogen-bond donors (Lipinski definition) is 2. The summed E-state index contributed by atoms with van der Waals surface area (Å²) in [5, 5.41) is 15.8. The molecule has 6 atom stereocenters. The first-order valence-corrected chi connectivity index (χ1v) is 16.6. The molecule has 47 heavy (non-hydrogen) atoms. The van der Waals surface area contributed by atoms with Crippen LogP contribution in [0.4, 0.5) is 19.0 Å². The maximum Gasteiger partial charge on any atom is 0.319 e. The summed E-state index contributed by atoms with van der Waals surface area (Å²) in [6.07, 6.45) is 9.88. The van der Waals surface area contributed by atoms with Crippen molar-refractivity contribution in [3.05, 3.63) is 47.2 Å². The lowest BCUT2D eigenvalue weighted by Crippen LogP contribution is -2.58. The highest BCUT2D eigenvalue weighted by Crippen LogP contribution is 2.47. The summed E-state index contributed by atoms with van der Waals surface area (Å²) in [5.74, 6) is 1.43. The Kier molecular flexibility index (Phi) is 6.44. The average Bonchev–Trinajstić information content (AvgIpc) is 3.70. The number of rotatable bonds is 4. The van der Waals surface area contributed by atoms with Crippen molar-refractivity contribution < 1.29 is 23.0 Å². The van der Waals surface area contributed by atoms with Gasteiger partial charge in [0.15, 0.2) is 5.82 Å². The molecule has 0 radical (unpaired) electrons. The molecule has 9 rings (SSSR count). The van der Waals surface area contributed by atoms with Crippen LogP contribution in [0.3, 0.4) is 0 Å². The van der Waals surface area contributed by atoms with Crippen LogP contribution in [0.5, 0.6) is 11.8 Å². The number of phenols is 1. The summed E-state index contributed by atoms with van der Waals surface area (Å²) < 4.78 is 53.1. The number of alkyl halides is 1. The zero-order valence-electron chi connectivity index (χ0n) is 26.1. The molecule has 0 saturated carbocycles. The Balaban J connectivity index is 1.27. The van der Waals surface area contributed by atoms with Crippen LogP contribution in [0, 0.1) is 24.0 Å². The van der Waals surface area contributed by atoms with E-state index in [-0.39, 0.29) is 64.1 Å². The zero-order valence-corrected chi connectivity index (χ0v) is 26.1. The SMILES string of the molecule is C#Cc1c(F)ccc2cc(O)cc(-c3nc4c5c(nc(OC[C@@]67CCCN6C[C@H](F)C7)nc5c3F)N3C[C@H]5CC[C@H](N5)[C@@H]3C[C@@H]4C)c12. The Morgan fingerprint density at radius 1 is 1.15 bits per heavy atom. The Hall–Kier alpha value is -4.14. The molecule has 4 aromatic rings. The van der Waals surface area contributed by atoms with Crippen LogP contribution in [0.15, 0.2) is 24.3 Å². The lowest BCUT2D eigenvalue weighted by molar-refractivity contribution is 0.107. The molecule has 2 aromatic carbocycles. The van der Waals surface area contributed by atoms with E-state index in [0.29, 0.717) is 47.8 Å². The van der Waals surface area contributed by atoms with Crippen LogP contribution < -0.4 is 15.0 Å². The van der Waals surface area contributed by atoms with E-state index in [0.717, 1.165) is 38.6 Å². The van der Waals surface area contributed by atoms with Crippen molar-refractivity contribution in [1.29, 1.82) is 0 Å². The summed E-state index contributed by atoms with van der Waals surface area (Å²) in [6.45, 7) is 4.21. The largest absolute Gasteiger partial charge is 0.508 e. The fraction of sp³-hybridized carbons (Fsp3) is 0.472. The molecule has 0 spiro atoms. The molecular weight excluding hydrogens is 605 g/mol. The Bertz CT molecular complexity index is 2020. The summed E-state index contributed by atoms with van der Waals surface area (Å²) in [4.78, 5) is 19.1. The molecule has 11 heteroatoms. The van der Waals surface area contributed by atoms with Gasteiger partial charge in [-0.3, -0.25) is 4.90 Å². The van der Waals surface area contributed by atoms with E-state index < -0.39 is 23.3 Å². The van der Waals surface area contributed by atoms with Gasteiger partial charge < -0.3 is 20.1 Å². The van der Waals surface area contributed by atoms with Gasteiger partial charge in [-0.25, -0.2) is 18.2 Å². The molecule has 2 aromatic heterocycles. The molecule has 5 aliphatic rings. The summed E-state index contributed by atoms with van der Waals surface area (Å²) in [6, 6.07) is 6.28. The number of phenolic OH excluding ortho intramolecular Hbond substituents is 1. The monoisotopic (exact) mass is 640 g/mol. The van der Waals surface area contributed by atoms with E-state index in [2.05, 4.69) is 28.0 Å². The lowest BCUT2D eigenvalue weighted by atomic mass is 9.91. The number of aromatic nitrogens is 3. The number of pyridine rings is 1. The normalized spacial score (nSPS) is 29.6. The number of aromatic hydroxyl groups is 1. The second kappa shape index (κ2) is 10.4. The third-order valence-electron chi connectivity index (χ3n) is 11.3. The highest BCUT2D eigenvalue weighted by atomic mass is 19.1. The Morgan fingerprint density at radius 3 is 2.87 bits per heavy atom. The Labute approximate surface area is 270 Å². The zero-order chi connectivity index (χ0) is 32.2. The number of nitrogens with zero attached hydrogens (tertiary/aromatic N) is 5. The maximum atomic E-state index is 17.2. The van der Waals surface area contributed by atoms with Gasteiger partial charge >= 0.3 is 6.01 Å². The minimum atomic E-state index is -0.914.